The number of benzene rings is 1. The Hall–Kier alpha value is -1.32. The van der Waals surface area contributed by atoms with E-state index in [0.29, 0.717) is 11.6 Å². The molecule has 3 N–H and O–H groups in total. The number of nitrogens with one attached hydrogen (secondary N) is 1. The average Bonchev–Trinajstić information content (AvgIpc) is 2.41. The first-order chi connectivity index (χ1) is 9.10. The molecule has 2 rings (SSSR count). The van der Waals surface area contributed by atoms with E-state index in [9.17, 15) is 8.78 Å². The van der Waals surface area contributed by atoms with E-state index in [1.165, 1.54) is 38.2 Å². The van der Waals surface area contributed by atoms with Gasteiger partial charge in [0.2, 0.25) is 0 Å². The zero-order valence-corrected chi connectivity index (χ0v) is 11.4. The fourth-order valence-electron chi connectivity index (χ4n) is 2.83. The van der Waals surface area contributed by atoms with Gasteiger partial charge in [-0.3, -0.25) is 0 Å². The molecule has 1 saturated carbocycles. The van der Waals surface area contributed by atoms with Gasteiger partial charge in [0.1, 0.15) is 5.82 Å². The third-order valence-electron chi connectivity index (χ3n) is 4.22. The van der Waals surface area contributed by atoms with Crippen molar-refractivity contribution >= 4 is 11.4 Å². The van der Waals surface area contributed by atoms with Crippen LogP contribution in [0.1, 0.15) is 39.0 Å². The van der Waals surface area contributed by atoms with E-state index in [0.717, 1.165) is 18.5 Å². The summed E-state index contributed by atoms with van der Waals surface area (Å²) in [5, 5.41) is 3.09. The highest BCUT2D eigenvalue weighted by molar-refractivity contribution is 5.66. The van der Waals surface area contributed by atoms with Crippen molar-refractivity contribution in [3.05, 3.63) is 23.8 Å². The van der Waals surface area contributed by atoms with Gasteiger partial charge in [0, 0.05) is 12.6 Å². The quantitative estimate of drug-likeness (QED) is 0.804. The van der Waals surface area contributed by atoms with E-state index in [1.54, 1.807) is 0 Å². The second-order valence-electron chi connectivity index (χ2n) is 5.52. The molecule has 1 aromatic rings. The molecular weight excluding hydrogens is 246 g/mol. The number of rotatable bonds is 4. The molecule has 0 aliphatic heterocycles. The SMILES string of the molecule is CCC1CCC(CNc2cc(F)cc(F)c2N)CC1. The summed E-state index contributed by atoms with van der Waals surface area (Å²) in [4.78, 5) is 0. The van der Waals surface area contributed by atoms with Crippen LogP contribution in [0.5, 0.6) is 0 Å². The molecule has 0 saturated heterocycles. The molecule has 2 nitrogen and oxygen atoms in total. The number of nitrogens with two attached hydrogens (primary N) is 1. The van der Waals surface area contributed by atoms with Gasteiger partial charge in [0.15, 0.2) is 5.82 Å². The van der Waals surface area contributed by atoms with Crippen LogP contribution in [-0.4, -0.2) is 6.54 Å². The minimum Gasteiger partial charge on any atom is -0.395 e. The van der Waals surface area contributed by atoms with E-state index < -0.39 is 11.6 Å². The third kappa shape index (κ3) is 3.58. The number of anilines is 2. The molecule has 106 valence electrons. The Morgan fingerprint density at radius 3 is 2.42 bits per heavy atom. The molecule has 0 spiro atoms. The molecule has 0 amide bonds. The Kier molecular flexibility index (Phi) is 4.61. The highest BCUT2D eigenvalue weighted by Crippen LogP contribution is 2.31. The fraction of sp³-hybridized carbons (Fsp3) is 0.600. The number of halogens is 2. The van der Waals surface area contributed by atoms with Gasteiger partial charge in [-0.25, -0.2) is 8.78 Å². The summed E-state index contributed by atoms with van der Waals surface area (Å²) < 4.78 is 26.4. The monoisotopic (exact) mass is 268 g/mol. The van der Waals surface area contributed by atoms with Crippen molar-refractivity contribution in [2.45, 2.75) is 39.0 Å². The van der Waals surface area contributed by atoms with Crippen molar-refractivity contribution in [1.29, 1.82) is 0 Å². The minimum atomic E-state index is -0.697. The molecule has 0 unspecified atom stereocenters. The Morgan fingerprint density at radius 1 is 1.16 bits per heavy atom. The van der Waals surface area contributed by atoms with E-state index in [4.69, 9.17) is 5.73 Å². The highest BCUT2D eigenvalue weighted by atomic mass is 19.1. The van der Waals surface area contributed by atoms with Crippen LogP contribution in [0.15, 0.2) is 12.1 Å². The van der Waals surface area contributed by atoms with Crippen molar-refractivity contribution in [3.8, 4) is 0 Å². The molecule has 1 aliphatic rings. The van der Waals surface area contributed by atoms with Crippen LogP contribution < -0.4 is 11.1 Å². The molecule has 4 heteroatoms. The summed E-state index contributed by atoms with van der Waals surface area (Å²) in [5.74, 6) is 0.141. The molecule has 0 heterocycles. The lowest BCUT2D eigenvalue weighted by atomic mass is 9.81. The van der Waals surface area contributed by atoms with E-state index in [1.807, 2.05) is 0 Å². The molecule has 0 aromatic heterocycles. The van der Waals surface area contributed by atoms with Crippen molar-refractivity contribution in [2.75, 3.05) is 17.6 Å². The lowest BCUT2D eigenvalue weighted by Gasteiger charge is -2.28. The maximum absolute atomic E-state index is 13.3. The summed E-state index contributed by atoms with van der Waals surface area (Å²) in [6.07, 6.45) is 6.14. The molecule has 1 aliphatic carbocycles. The maximum atomic E-state index is 13.3. The molecule has 0 radical (unpaired) electrons. The fourth-order valence-corrected chi connectivity index (χ4v) is 2.83. The smallest absolute Gasteiger partial charge is 0.151 e. The van der Waals surface area contributed by atoms with Crippen molar-refractivity contribution in [2.24, 2.45) is 11.8 Å². The van der Waals surface area contributed by atoms with E-state index in [-0.39, 0.29) is 5.69 Å². The lowest BCUT2D eigenvalue weighted by Crippen LogP contribution is -2.21. The number of hydrogen-bond donors (Lipinski definition) is 2. The largest absolute Gasteiger partial charge is 0.395 e. The van der Waals surface area contributed by atoms with Crippen LogP contribution >= 0.6 is 0 Å². The van der Waals surface area contributed by atoms with Crippen LogP contribution in [0.2, 0.25) is 0 Å². The van der Waals surface area contributed by atoms with Gasteiger partial charge in [-0.05, 0) is 30.7 Å². The zero-order valence-electron chi connectivity index (χ0n) is 11.4. The first kappa shape index (κ1) is 14.1. The second-order valence-corrected chi connectivity index (χ2v) is 5.52. The number of hydrogen-bond acceptors (Lipinski definition) is 2. The minimum absolute atomic E-state index is 0.00337. The lowest BCUT2D eigenvalue weighted by molar-refractivity contribution is 0.278. The molecule has 1 fully saturated rings. The maximum Gasteiger partial charge on any atom is 0.151 e. The van der Waals surface area contributed by atoms with Gasteiger partial charge in [-0.2, -0.15) is 0 Å². The summed E-state index contributed by atoms with van der Waals surface area (Å²) in [5.41, 5.74) is 5.98. The highest BCUT2D eigenvalue weighted by Gasteiger charge is 2.20. The Labute approximate surface area is 113 Å². The van der Waals surface area contributed by atoms with Crippen LogP contribution in [-0.2, 0) is 0 Å². The molecule has 19 heavy (non-hydrogen) atoms. The van der Waals surface area contributed by atoms with Gasteiger partial charge in [-0.1, -0.05) is 26.2 Å². The second kappa shape index (κ2) is 6.22. The van der Waals surface area contributed by atoms with Crippen molar-refractivity contribution in [1.82, 2.24) is 0 Å². The van der Waals surface area contributed by atoms with Crippen LogP contribution in [0.3, 0.4) is 0 Å². The topological polar surface area (TPSA) is 38.0 Å². The molecule has 0 atom stereocenters. The third-order valence-corrected chi connectivity index (χ3v) is 4.22. The molecule has 1 aromatic carbocycles. The normalized spacial score (nSPS) is 23.3. The summed E-state index contributed by atoms with van der Waals surface area (Å²) >= 11 is 0. The van der Waals surface area contributed by atoms with Gasteiger partial charge >= 0.3 is 0 Å². The predicted octanol–water partition coefficient (Wildman–Crippen LogP) is 4.18. The summed E-state index contributed by atoms with van der Waals surface area (Å²) in [6, 6.07) is 2.07. The number of nitrogen functional groups attached to an aromatic ring is 1. The molecular formula is C15H22F2N2. The van der Waals surface area contributed by atoms with Gasteiger partial charge in [0.05, 0.1) is 11.4 Å². The standard InChI is InChI=1S/C15H22F2N2/c1-2-10-3-5-11(6-4-10)9-19-14-8-12(16)7-13(17)15(14)18/h7-8,10-11,19H,2-6,9,18H2,1H3. The van der Waals surface area contributed by atoms with Crippen LogP contribution in [0.4, 0.5) is 20.2 Å². The first-order valence-electron chi connectivity index (χ1n) is 7.08. The zero-order chi connectivity index (χ0) is 13.8. The average molecular weight is 268 g/mol. The first-order valence-corrected chi connectivity index (χ1v) is 7.08. The van der Waals surface area contributed by atoms with Crippen molar-refractivity contribution in [3.63, 3.8) is 0 Å². The van der Waals surface area contributed by atoms with Crippen LogP contribution in [0, 0.1) is 23.5 Å². The van der Waals surface area contributed by atoms with E-state index >= 15 is 0 Å². The van der Waals surface area contributed by atoms with Crippen molar-refractivity contribution < 1.29 is 8.78 Å². The summed E-state index contributed by atoms with van der Waals surface area (Å²) in [6.45, 7) is 2.98. The van der Waals surface area contributed by atoms with Gasteiger partial charge in [-0.15, -0.1) is 0 Å². The van der Waals surface area contributed by atoms with E-state index in [2.05, 4.69) is 12.2 Å². The summed E-state index contributed by atoms with van der Waals surface area (Å²) in [7, 11) is 0. The van der Waals surface area contributed by atoms with Gasteiger partial charge in [0.25, 0.3) is 0 Å². The molecule has 0 bridgehead atoms. The van der Waals surface area contributed by atoms with Gasteiger partial charge < -0.3 is 11.1 Å². The Bertz CT molecular complexity index is 426. The Balaban J connectivity index is 1.89. The Morgan fingerprint density at radius 2 is 1.79 bits per heavy atom. The van der Waals surface area contributed by atoms with Crippen LogP contribution in [0.25, 0.3) is 0 Å². The predicted molar refractivity (Wildman–Crippen MR) is 75.0 cm³/mol.